The van der Waals surface area contributed by atoms with Gasteiger partial charge >= 0.3 is 0 Å². The molecule has 0 bridgehead atoms. The number of nitrogens with zero attached hydrogens (tertiary/aromatic N) is 2. The third-order valence-corrected chi connectivity index (χ3v) is 4.80. The molecule has 2 aromatic carbocycles. The van der Waals surface area contributed by atoms with Crippen LogP contribution in [0.2, 0.25) is 0 Å². The zero-order chi connectivity index (χ0) is 19.0. The number of aromatic nitrogens is 1. The summed E-state index contributed by atoms with van der Waals surface area (Å²) in [6, 6.07) is 13.8. The van der Waals surface area contributed by atoms with Crippen molar-refractivity contribution in [3.8, 4) is 34.6 Å². The molecular weight excluding hydrogens is 338 g/mol. The van der Waals surface area contributed by atoms with Crippen LogP contribution in [-0.4, -0.2) is 11.1 Å². The van der Waals surface area contributed by atoms with Crippen LogP contribution in [0.5, 0.6) is 5.75 Å². The standard InChI is InChI=1S/C22H21N3O2/c1-13(2)26-20-9-6-14(10-15(20)11-23)22-25-12-21(27-22)18-5-3-4-17-16(18)7-8-19(17)24/h3-6,9-10,12-13,19H,7-8,24H2,1-2H3/t19-/m1/s1. The van der Waals surface area contributed by atoms with Crippen molar-refractivity contribution in [2.45, 2.75) is 38.8 Å². The van der Waals surface area contributed by atoms with Crippen LogP contribution in [0.1, 0.15) is 43.0 Å². The van der Waals surface area contributed by atoms with E-state index in [-0.39, 0.29) is 12.1 Å². The van der Waals surface area contributed by atoms with Crippen molar-refractivity contribution in [3.63, 3.8) is 0 Å². The van der Waals surface area contributed by atoms with Gasteiger partial charge in [-0.1, -0.05) is 18.2 Å². The van der Waals surface area contributed by atoms with Gasteiger partial charge in [0, 0.05) is 17.2 Å². The average Bonchev–Trinajstić information content (AvgIpc) is 3.29. The maximum absolute atomic E-state index is 9.42. The lowest BCUT2D eigenvalue weighted by Gasteiger charge is -2.11. The summed E-state index contributed by atoms with van der Waals surface area (Å²) < 4.78 is 11.7. The van der Waals surface area contributed by atoms with E-state index in [0.717, 1.165) is 29.7 Å². The highest BCUT2D eigenvalue weighted by Crippen LogP contribution is 2.38. The van der Waals surface area contributed by atoms with Gasteiger partial charge in [-0.25, -0.2) is 4.98 Å². The summed E-state index contributed by atoms with van der Waals surface area (Å²) in [5.74, 6) is 1.77. The monoisotopic (exact) mass is 359 g/mol. The fourth-order valence-electron chi connectivity index (χ4n) is 3.56. The normalized spacial score (nSPS) is 15.6. The Hall–Kier alpha value is -3.10. The van der Waals surface area contributed by atoms with Crippen LogP contribution in [0, 0.1) is 11.3 Å². The predicted octanol–water partition coefficient (Wildman–Crippen LogP) is 4.61. The lowest BCUT2D eigenvalue weighted by molar-refractivity contribution is 0.242. The first kappa shape index (κ1) is 17.3. The van der Waals surface area contributed by atoms with E-state index in [9.17, 15) is 5.26 Å². The third kappa shape index (κ3) is 3.20. The minimum Gasteiger partial charge on any atom is -0.490 e. The lowest BCUT2D eigenvalue weighted by atomic mass is 10.0. The third-order valence-electron chi connectivity index (χ3n) is 4.80. The quantitative estimate of drug-likeness (QED) is 0.735. The Kier molecular flexibility index (Phi) is 4.43. The second-order valence-electron chi connectivity index (χ2n) is 7.04. The van der Waals surface area contributed by atoms with E-state index in [1.807, 2.05) is 32.0 Å². The van der Waals surface area contributed by atoms with Crippen LogP contribution in [-0.2, 0) is 6.42 Å². The Balaban J connectivity index is 1.69. The van der Waals surface area contributed by atoms with E-state index in [1.54, 1.807) is 18.3 Å². The van der Waals surface area contributed by atoms with E-state index >= 15 is 0 Å². The molecule has 0 saturated heterocycles. The summed E-state index contributed by atoms with van der Waals surface area (Å²) >= 11 is 0. The number of fused-ring (bicyclic) bond motifs is 1. The molecule has 0 unspecified atom stereocenters. The van der Waals surface area contributed by atoms with Crippen LogP contribution in [0.4, 0.5) is 0 Å². The highest BCUT2D eigenvalue weighted by atomic mass is 16.5. The smallest absolute Gasteiger partial charge is 0.226 e. The number of rotatable bonds is 4. The van der Waals surface area contributed by atoms with Crippen LogP contribution in [0.25, 0.3) is 22.8 Å². The number of ether oxygens (including phenoxy) is 1. The first-order chi connectivity index (χ1) is 13.1. The summed E-state index contributed by atoms with van der Waals surface area (Å²) in [7, 11) is 0. The number of benzene rings is 2. The van der Waals surface area contributed by atoms with Crippen molar-refractivity contribution in [3.05, 3.63) is 59.3 Å². The minimum absolute atomic E-state index is 0.00263. The largest absolute Gasteiger partial charge is 0.490 e. The molecule has 27 heavy (non-hydrogen) atoms. The van der Waals surface area contributed by atoms with Crippen molar-refractivity contribution in [1.82, 2.24) is 4.98 Å². The van der Waals surface area contributed by atoms with Crippen molar-refractivity contribution in [1.29, 1.82) is 5.26 Å². The van der Waals surface area contributed by atoms with Gasteiger partial charge in [0.25, 0.3) is 0 Å². The molecule has 136 valence electrons. The Morgan fingerprint density at radius 1 is 1.30 bits per heavy atom. The summed E-state index contributed by atoms with van der Waals surface area (Å²) in [6.07, 6.45) is 3.64. The Morgan fingerprint density at radius 3 is 2.93 bits per heavy atom. The van der Waals surface area contributed by atoms with Crippen LogP contribution < -0.4 is 10.5 Å². The van der Waals surface area contributed by atoms with Gasteiger partial charge < -0.3 is 14.9 Å². The molecule has 4 rings (SSSR count). The molecule has 0 radical (unpaired) electrons. The number of oxazole rings is 1. The summed E-state index contributed by atoms with van der Waals surface area (Å²) in [6.45, 7) is 3.86. The first-order valence-corrected chi connectivity index (χ1v) is 9.11. The van der Waals surface area contributed by atoms with E-state index in [1.165, 1.54) is 11.1 Å². The molecule has 1 aliphatic rings. The molecule has 3 aromatic rings. The van der Waals surface area contributed by atoms with Crippen LogP contribution in [0.15, 0.2) is 47.0 Å². The van der Waals surface area contributed by atoms with Gasteiger partial charge in [-0.15, -0.1) is 0 Å². The molecule has 5 nitrogen and oxygen atoms in total. The minimum atomic E-state index is 0.00263. The summed E-state index contributed by atoms with van der Waals surface area (Å²) in [5.41, 5.74) is 10.9. The molecule has 5 heteroatoms. The Bertz CT molecular complexity index is 1030. The molecule has 2 N–H and O–H groups in total. The molecule has 1 aliphatic carbocycles. The zero-order valence-corrected chi connectivity index (χ0v) is 15.4. The van der Waals surface area contributed by atoms with E-state index < -0.39 is 0 Å². The van der Waals surface area contributed by atoms with Crippen molar-refractivity contribution in [2.75, 3.05) is 0 Å². The maximum atomic E-state index is 9.42. The van der Waals surface area contributed by atoms with Gasteiger partial charge in [0.05, 0.1) is 17.9 Å². The van der Waals surface area contributed by atoms with Crippen molar-refractivity contribution < 1.29 is 9.15 Å². The highest BCUT2D eigenvalue weighted by Gasteiger charge is 2.23. The SMILES string of the molecule is CC(C)Oc1ccc(-c2ncc(-c3cccc4c3CC[C@H]4N)o2)cc1C#N. The number of nitriles is 1. The van der Waals surface area contributed by atoms with Gasteiger partial charge in [0.2, 0.25) is 5.89 Å². The molecule has 0 spiro atoms. The Labute approximate surface area is 158 Å². The average molecular weight is 359 g/mol. The fourth-order valence-corrected chi connectivity index (χ4v) is 3.56. The van der Waals surface area contributed by atoms with Gasteiger partial charge in [-0.2, -0.15) is 5.26 Å². The van der Waals surface area contributed by atoms with Gasteiger partial charge in [-0.05, 0) is 56.0 Å². The molecule has 1 atom stereocenters. The molecule has 0 saturated carbocycles. The van der Waals surface area contributed by atoms with E-state index in [2.05, 4.69) is 17.1 Å². The van der Waals surface area contributed by atoms with Gasteiger partial charge in [0.1, 0.15) is 11.8 Å². The Morgan fingerprint density at radius 2 is 2.15 bits per heavy atom. The second kappa shape index (κ2) is 6.90. The number of hydrogen-bond donors (Lipinski definition) is 1. The molecule has 0 amide bonds. The van der Waals surface area contributed by atoms with Crippen molar-refractivity contribution in [2.24, 2.45) is 5.73 Å². The molecule has 0 fully saturated rings. The topological polar surface area (TPSA) is 85.1 Å². The van der Waals surface area contributed by atoms with Crippen molar-refractivity contribution >= 4 is 0 Å². The van der Waals surface area contributed by atoms with E-state index in [0.29, 0.717) is 17.2 Å². The zero-order valence-electron chi connectivity index (χ0n) is 15.4. The van der Waals surface area contributed by atoms with E-state index in [4.69, 9.17) is 14.9 Å². The second-order valence-corrected chi connectivity index (χ2v) is 7.04. The summed E-state index contributed by atoms with van der Waals surface area (Å²) in [5, 5.41) is 9.42. The fraction of sp³-hybridized carbons (Fsp3) is 0.273. The lowest BCUT2D eigenvalue weighted by Crippen LogP contribution is -2.06. The van der Waals surface area contributed by atoms with Gasteiger partial charge in [0.15, 0.2) is 5.76 Å². The molecular formula is C22H21N3O2. The molecule has 1 heterocycles. The highest BCUT2D eigenvalue weighted by molar-refractivity contribution is 5.68. The van der Waals surface area contributed by atoms with Crippen LogP contribution in [0.3, 0.4) is 0 Å². The maximum Gasteiger partial charge on any atom is 0.226 e. The molecule has 0 aliphatic heterocycles. The predicted molar refractivity (Wildman–Crippen MR) is 103 cm³/mol. The number of nitrogens with two attached hydrogens (primary N) is 1. The van der Waals surface area contributed by atoms with Crippen LogP contribution >= 0.6 is 0 Å². The first-order valence-electron chi connectivity index (χ1n) is 9.11. The van der Waals surface area contributed by atoms with Gasteiger partial charge in [-0.3, -0.25) is 0 Å². The summed E-state index contributed by atoms with van der Waals surface area (Å²) in [4.78, 5) is 4.43. The number of hydrogen-bond acceptors (Lipinski definition) is 5. The molecule has 1 aromatic heterocycles.